The van der Waals surface area contributed by atoms with Crippen LogP contribution in [0.4, 0.5) is 0 Å². The lowest BCUT2D eigenvalue weighted by Crippen LogP contribution is -2.35. The van der Waals surface area contributed by atoms with Gasteiger partial charge in [0.05, 0.1) is 11.4 Å². The summed E-state index contributed by atoms with van der Waals surface area (Å²) in [5, 5.41) is 11.7. The number of hydrogen-bond donors (Lipinski definition) is 1. The van der Waals surface area contributed by atoms with Gasteiger partial charge >= 0.3 is 0 Å². The van der Waals surface area contributed by atoms with Gasteiger partial charge in [0.1, 0.15) is 6.54 Å². The highest BCUT2D eigenvalue weighted by molar-refractivity contribution is 7.18. The van der Waals surface area contributed by atoms with Crippen LogP contribution >= 0.6 is 11.3 Å². The second-order valence-electron chi connectivity index (χ2n) is 6.64. The number of hydrogen-bond acceptors (Lipinski definition) is 5. The lowest BCUT2D eigenvalue weighted by Gasteiger charge is -2.14. The smallest absolute Gasteiger partial charge is 0.279 e. The Bertz CT molecular complexity index is 1010. The SMILES string of the molecule is C[C@@H](NC(=O)Cn1nnc2sc3c(c2c1=O)CCCC3)c1ccccc1. The van der Waals surface area contributed by atoms with Gasteiger partial charge in [-0.25, -0.2) is 4.68 Å². The Kier molecular flexibility index (Phi) is 4.55. The Hall–Kier alpha value is -2.54. The van der Waals surface area contributed by atoms with Crippen molar-refractivity contribution < 1.29 is 4.79 Å². The van der Waals surface area contributed by atoms with Crippen LogP contribution in [-0.2, 0) is 24.2 Å². The number of nitrogens with zero attached hydrogens (tertiary/aromatic N) is 3. The summed E-state index contributed by atoms with van der Waals surface area (Å²) in [6.45, 7) is 1.80. The molecule has 0 aliphatic heterocycles. The quantitative estimate of drug-likeness (QED) is 0.768. The molecule has 1 N–H and O–H groups in total. The minimum atomic E-state index is -0.249. The molecule has 3 aromatic rings. The van der Waals surface area contributed by atoms with Crippen molar-refractivity contribution >= 4 is 27.5 Å². The van der Waals surface area contributed by atoms with E-state index in [-0.39, 0.29) is 24.1 Å². The van der Waals surface area contributed by atoms with Crippen LogP contribution in [0.3, 0.4) is 0 Å². The van der Waals surface area contributed by atoms with E-state index in [1.807, 2.05) is 37.3 Å². The zero-order valence-electron chi connectivity index (χ0n) is 14.6. The number of aryl methyl sites for hydroxylation is 2. The van der Waals surface area contributed by atoms with E-state index >= 15 is 0 Å². The molecule has 1 aromatic carbocycles. The van der Waals surface area contributed by atoms with Crippen molar-refractivity contribution in [2.75, 3.05) is 0 Å². The summed E-state index contributed by atoms with van der Waals surface area (Å²) in [5.41, 5.74) is 1.92. The van der Waals surface area contributed by atoms with Gasteiger partial charge in [-0.2, -0.15) is 0 Å². The van der Waals surface area contributed by atoms with E-state index in [1.54, 1.807) is 11.3 Å². The molecule has 6 nitrogen and oxygen atoms in total. The zero-order valence-corrected chi connectivity index (χ0v) is 15.4. The van der Waals surface area contributed by atoms with Gasteiger partial charge in [-0.3, -0.25) is 9.59 Å². The van der Waals surface area contributed by atoms with E-state index in [4.69, 9.17) is 0 Å². The van der Waals surface area contributed by atoms with Crippen LogP contribution in [0.15, 0.2) is 35.1 Å². The number of rotatable bonds is 4. The fraction of sp³-hybridized carbons (Fsp3) is 0.368. The van der Waals surface area contributed by atoms with Gasteiger partial charge in [0.15, 0.2) is 4.83 Å². The second kappa shape index (κ2) is 6.99. The molecule has 0 saturated carbocycles. The van der Waals surface area contributed by atoms with Crippen molar-refractivity contribution in [2.24, 2.45) is 0 Å². The highest BCUT2D eigenvalue weighted by Crippen LogP contribution is 2.33. The van der Waals surface area contributed by atoms with Crippen LogP contribution in [0.25, 0.3) is 10.2 Å². The number of carbonyl (C=O) groups is 1. The fourth-order valence-electron chi connectivity index (χ4n) is 3.46. The Morgan fingerprint density at radius 2 is 2.04 bits per heavy atom. The van der Waals surface area contributed by atoms with Crippen LogP contribution in [0, 0.1) is 0 Å². The lowest BCUT2D eigenvalue weighted by molar-refractivity contribution is -0.122. The van der Waals surface area contributed by atoms with Crippen molar-refractivity contribution in [2.45, 2.75) is 45.2 Å². The van der Waals surface area contributed by atoms with E-state index in [2.05, 4.69) is 15.6 Å². The van der Waals surface area contributed by atoms with Crippen molar-refractivity contribution in [3.63, 3.8) is 0 Å². The minimum absolute atomic E-state index is 0.121. The summed E-state index contributed by atoms with van der Waals surface area (Å²) in [7, 11) is 0. The number of thiophene rings is 1. The number of fused-ring (bicyclic) bond motifs is 3. The summed E-state index contributed by atoms with van der Waals surface area (Å²) in [5.74, 6) is -0.249. The first kappa shape index (κ1) is 16.9. The van der Waals surface area contributed by atoms with Crippen LogP contribution < -0.4 is 10.9 Å². The average Bonchev–Trinajstić information content (AvgIpc) is 3.04. The standard InChI is InChI=1S/C19H20N4O2S/c1-12(13-7-3-2-4-8-13)20-16(24)11-23-19(25)17-14-9-5-6-10-15(14)26-18(17)21-22-23/h2-4,7-8,12H,5-6,9-11H2,1H3,(H,20,24)/t12-/m1/s1. The third-order valence-electron chi connectivity index (χ3n) is 4.81. The van der Waals surface area contributed by atoms with Crippen molar-refractivity contribution in [3.8, 4) is 0 Å². The van der Waals surface area contributed by atoms with Gasteiger partial charge in [0, 0.05) is 4.88 Å². The molecule has 0 spiro atoms. The molecule has 2 heterocycles. The molecule has 134 valence electrons. The van der Waals surface area contributed by atoms with Gasteiger partial charge < -0.3 is 5.32 Å². The molecular formula is C19H20N4O2S. The first-order chi connectivity index (χ1) is 12.6. The van der Waals surface area contributed by atoms with Crippen molar-refractivity contribution in [1.29, 1.82) is 0 Å². The number of aromatic nitrogens is 3. The Morgan fingerprint density at radius 1 is 1.27 bits per heavy atom. The number of amides is 1. The maximum atomic E-state index is 12.8. The summed E-state index contributed by atoms with van der Waals surface area (Å²) in [6, 6.07) is 9.58. The van der Waals surface area contributed by atoms with Crippen LogP contribution in [0.1, 0.15) is 41.8 Å². The van der Waals surface area contributed by atoms with Crippen molar-refractivity contribution in [3.05, 3.63) is 56.7 Å². The molecule has 0 saturated heterocycles. The third kappa shape index (κ3) is 3.14. The third-order valence-corrected chi connectivity index (χ3v) is 5.99. The summed E-state index contributed by atoms with van der Waals surface area (Å²) < 4.78 is 1.18. The first-order valence-corrected chi connectivity index (χ1v) is 9.67. The van der Waals surface area contributed by atoms with Crippen LogP contribution in [0.5, 0.6) is 0 Å². The monoisotopic (exact) mass is 368 g/mol. The second-order valence-corrected chi connectivity index (χ2v) is 7.73. The molecule has 4 rings (SSSR count). The largest absolute Gasteiger partial charge is 0.348 e. The Balaban J connectivity index is 1.56. The molecule has 1 amide bonds. The molecule has 1 atom stereocenters. The summed E-state index contributed by atoms with van der Waals surface area (Å²) in [6.07, 6.45) is 4.16. The van der Waals surface area contributed by atoms with E-state index in [0.717, 1.165) is 36.8 Å². The van der Waals surface area contributed by atoms with Gasteiger partial charge in [0.2, 0.25) is 5.91 Å². The molecule has 0 bridgehead atoms. The molecule has 0 radical (unpaired) electrons. The van der Waals surface area contributed by atoms with E-state index in [9.17, 15) is 9.59 Å². The molecule has 0 unspecified atom stereocenters. The van der Waals surface area contributed by atoms with Gasteiger partial charge in [-0.1, -0.05) is 35.5 Å². The van der Waals surface area contributed by atoms with Gasteiger partial charge in [-0.05, 0) is 43.7 Å². The molecule has 7 heteroatoms. The molecule has 1 aliphatic carbocycles. The number of benzene rings is 1. The maximum Gasteiger partial charge on any atom is 0.279 e. The number of nitrogens with one attached hydrogen (secondary N) is 1. The normalized spacial score (nSPS) is 14.8. The average molecular weight is 368 g/mol. The fourth-order valence-corrected chi connectivity index (χ4v) is 4.66. The Morgan fingerprint density at radius 3 is 2.85 bits per heavy atom. The molecule has 1 aliphatic rings. The first-order valence-electron chi connectivity index (χ1n) is 8.86. The zero-order chi connectivity index (χ0) is 18.1. The predicted molar refractivity (Wildman–Crippen MR) is 101 cm³/mol. The molecule has 26 heavy (non-hydrogen) atoms. The van der Waals surface area contributed by atoms with Crippen molar-refractivity contribution in [1.82, 2.24) is 20.3 Å². The Labute approximate surface area is 154 Å². The molecular weight excluding hydrogens is 348 g/mol. The summed E-state index contributed by atoms with van der Waals surface area (Å²) >= 11 is 1.56. The molecule has 2 aromatic heterocycles. The van der Waals surface area contributed by atoms with Gasteiger partial charge in [-0.15, -0.1) is 16.4 Å². The maximum absolute atomic E-state index is 12.8. The predicted octanol–water partition coefficient (Wildman–Crippen LogP) is 2.61. The highest BCUT2D eigenvalue weighted by atomic mass is 32.1. The van der Waals surface area contributed by atoms with Crippen LogP contribution in [-0.4, -0.2) is 20.9 Å². The number of carbonyl (C=O) groups excluding carboxylic acids is 1. The van der Waals surface area contributed by atoms with Gasteiger partial charge in [0.25, 0.3) is 5.56 Å². The lowest BCUT2D eigenvalue weighted by atomic mass is 9.97. The molecule has 0 fully saturated rings. The summed E-state index contributed by atoms with van der Waals surface area (Å²) in [4.78, 5) is 27.2. The van der Waals surface area contributed by atoms with E-state index in [1.165, 1.54) is 9.56 Å². The van der Waals surface area contributed by atoms with E-state index < -0.39 is 0 Å². The topological polar surface area (TPSA) is 76.9 Å². The van der Waals surface area contributed by atoms with E-state index in [0.29, 0.717) is 10.2 Å². The minimum Gasteiger partial charge on any atom is -0.348 e. The highest BCUT2D eigenvalue weighted by Gasteiger charge is 2.21. The van der Waals surface area contributed by atoms with Crippen LogP contribution in [0.2, 0.25) is 0 Å².